The number of carbonyl (C=O) groups is 2. The average molecular weight is 486 g/mol. The minimum absolute atomic E-state index is 0.0736. The van der Waals surface area contributed by atoms with E-state index >= 15 is 0 Å². The standard InChI is InChI=1S/C27H33ClFN3O2/c28-25-15-12-23(31-26(33)18-6-8-21(29)9-7-18)16-20(25)17-32(24-13-10-22(30)11-14-24)27(34)19-4-2-1-3-5-19/h6-9,12,15-16,19,22,24H,1-5,10-11,13-14,17,30H2,(H,31,33). The Morgan fingerprint density at radius 3 is 2.32 bits per heavy atom. The summed E-state index contributed by atoms with van der Waals surface area (Å²) in [5.74, 6) is -0.428. The number of carbonyl (C=O) groups excluding carboxylic acids is 2. The number of hydrogen-bond donors (Lipinski definition) is 2. The molecule has 4 rings (SSSR count). The Kier molecular flexibility index (Phi) is 8.22. The summed E-state index contributed by atoms with van der Waals surface area (Å²) in [6.45, 7) is 0.411. The molecule has 2 saturated carbocycles. The molecule has 0 radical (unpaired) electrons. The molecule has 182 valence electrons. The molecule has 0 atom stereocenters. The molecule has 0 aromatic heterocycles. The molecule has 0 heterocycles. The third-order valence-electron chi connectivity index (χ3n) is 7.17. The highest BCUT2D eigenvalue weighted by molar-refractivity contribution is 6.31. The monoisotopic (exact) mass is 485 g/mol. The lowest BCUT2D eigenvalue weighted by molar-refractivity contribution is -0.140. The molecule has 5 nitrogen and oxygen atoms in total. The van der Waals surface area contributed by atoms with Crippen LogP contribution < -0.4 is 11.1 Å². The zero-order chi connectivity index (χ0) is 24.1. The molecule has 0 spiro atoms. The second kappa shape index (κ2) is 11.3. The molecule has 2 amide bonds. The Balaban J connectivity index is 1.53. The van der Waals surface area contributed by atoms with Gasteiger partial charge in [-0.25, -0.2) is 4.39 Å². The van der Waals surface area contributed by atoms with Gasteiger partial charge in [0, 0.05) is 40.8 Å². The van der Waals surface area contributed by atoms with Crippen molar-refractivity contribution in [3.8, 4) is 0 Å². The molecule has 0 bridgehead atoms. The minimum atomic E-state index is -0.392. The number of hydrogen-bond acceptors (Lipinski definition) is 3. The number of benzene rings is 2. The maximum absolute atomic E-state index is 13.6. The van der Waals surface area contributed by atoms with Crippen LogP contribution in [0.1, 0.15) is 73.7 Å². The van der Waals surface area contributed by atoms with E-state index in [1.54, 1.807) is 12.1 Å². The van der Waals surface area contributed by atoms with Gasteiger partial charge in [-0.05, 0) is 86.6 Å². The Hall–Kier alpha value is -2.44. The predicted molar refractivity (Wildman–Crippen MR) is 133 cm³/mol. The van der Waals surface area contributed by atoms with Gasteiger partial charge in [0.2, 0.25) is 5.91 Å². The molecule has 34 heavy (non-hydrogen) atoms. The topological polar surface area (TPSA) is 75.4 Å². The zero-order valence-electron chi connectivity index (χ0n) is 19.4. The summed E-state index contributed by atoms with van der Waals surface area (Å²) in [6, 6.07) is 11.1. The van der Waals surface area contributed by atoms with Gasteiger partial charge in [-0.2, -0.15) is 0 Å². The highest BCUT2D eigenvalue weighted by Gasteiger charge is 2.33. The van der Waals surface area contributed by atoms with Crippen molar-refractivity contribution >= 4 is 29.1 Å². The van der Waals surface area contributed by atoms with E-state index in [0.29, 0.717) is 22.8 Å². The maximum Gasteiger partial charge on any atom is 0.255 e. The van der Waals surface area contributed by atoms with Crippen LogP contribution in [-0.2, 0) is 11.3 Å². The number of rotatable bonds is 6. The van der Waals surface area contributed by atoms with E-state index in [2.05, 4.69) is 5.32 Å². The molecule has 2 aromatic rings. The smallest absolute Gasteiger partial charge is 0.255 e. The van der Waals surface area contributed by atoms with Crippen molar-refractivity contribution < 1.29 is 14.0 Å². The number of amides is 2. The van der Waals surface area contributed by atoms with Crippen LogP contribution >= 0.6 is 11.6 Å². The van der Waals surface area contributed by atoms with Gasteiger partial charge in [-0.15, -0.1) is 0 Å². The first-order valence-electron chi connectivity index (χ1n) is 12.3. The van der Waals surface area contributed by atoms with E-state index in [1.165, 1.54) is 30.7 Å². The fraction of sp³-hybridized carbons (Fsp3) is 0.481. The van der Waals surface area contributed by atoms with Crippen LogP contribution in [0.4, 0.5) is 10.1 Å². The van der Waals surface area contributed by atoms with Crippen molar-refractivity contribution in [1.29, 1.82) is 0 Å². The number of nitrogens with zero attached hydrogens (tertiary/aromatic N) is 1. The van der Waals surface area contributed by atoms with Crippen molar-refractivity contribution in [2.24, 2.45) is 11.7 Å². The molecule has 0 unspecified atom stereocenters. The SMILES string of the molecule is NC1CCC(N(Cc2cc(NC(=O)c3ccc(F)cc3)ccc2Cl)C(=O)C2CCCCC2)CC1. The number of nitrogens with two attached hydrogens (primary N) is 1. The van der Waals surface area contributed by atoms with Crippen LogP contribution in [0.25, 0.3) is 0 Å². The molecule has 3 N–H and O–H groups in total. The molecular formula is C27H33ClFN3O2. The van der Waals surface area contributed by atoms with E-state index < -0.39 is 5.82 Å². The van der Waals surface area contributed by atoms with Crippen LogP contribution in [-0.4, -0.2) is 28.8 Å². The van der Waals surface area contributed by atoms with Gasteiger partial charge in [0.05, 0.1) is 0 Å². The number of anilines is 1. The molecule has 0 aliphatic heterocycles. The van der Waals surface area contributed by atoms with Crippen LogP contribution in [0, 0.1) is 11.7 Å². The van der Waals surface area contributed by atoms with E-state index in [9.17, 15) is 14.0 Å². The molecular weight excluding hydrogens is 453 g/mol. The first kappa shape index (κ1) is 24.7. The molecule has 7 heteroatoms. The van der Waals surface area contributed by atoms with Gasteiger partial charge in [0.1, 0.15) is 5.82 Å². The summed E-state index contributed by atoms with van der Waals surface area (Å²) in [6.07, 6.45) is 8.93. The highest BCUT2D eigenvalue weighted by atomic mass is 35.5. The van der Waals surface area contributed by atoms with Crippen molar-refractivity contribution in [2.75, 3.05) is 5.32 Å². The fourth-order valence-corrected chi connectivity index (χ4v) is 5.32. The van der Waals surface area contributed by atoms with Gasteiger partial charge >= 0.3 is 0 Å². The first-order valence-corrected chi connectivity index (χ1v) is 12.7. The van der Waals surface area contributed by atoms with Gasteiger partial charge in [-0.1, -0.05) is 30.9 Å². The second-order valence-corrected chi connectivity index (χ2v) is 10.0. The third kappa shape index (κ3) is 6.16. The molecule has 2 fully saturated rings. The number of halogens is 2. The highest BCUT2D eigenvalue weighted by Crippen LogP contribution is 2.32. The molecule has 2 aliphatic carbocycles. The summed E-state index contributed by atoms with van der Waals surface area (Å²) < 4.78 is 13.2. The van der Waals surface area contributed by atoms with Crippen molar-refractivity contribution in [1.82, 2.24) is 4.90 Å². The summed E-state index contributed by atoms with van der Waals surface area (Å²) in [7, 11) is 0. The Labute approximate surface area is 205 Å². The van der Waals surface area contributed by atoms with Gasteiger partial charge in [0.15, 0.2) is 0 Å². The maximum atomic E-state index is 13.6. The summed E-state index contributed by atoms with van der Waals surface area (Å²) in [4.78, 5) is 28.2. The largest absolute Gasteiger partial charge is 0.335 e. The lowest BCUT2D eigenvalue weighted by Gasteiger charge is -2.39. The Morgan fingerprint density at radius 1 is 0.971 bits per heavy atom. The van der Waals surface area contributed by atoms with Gasteiger partial charge in [-0.3, -0.25) is 9.59 Å². The van der Waals surface area contributed by atoms with Crippen LogP contribution in [0.3, 0.4) is 0 Å². The summed E-state index contributed by atoms with van der Waals surface area (Å²) in [5, 5.41) is 3.42. The van der Waals surface area contributed by atoms with Crippen molar-refractivity contribution in [2.45, 2.75) is 76.4 Å². The molecule has 2 aromatic carbocycles. The van der Waals surface area contributed by atoms with E-state index in [4.69, 9.17) is 17.3 Å². The summed E-state index contributed by atoms with van der Waals surface area (Å²) in [5.41, 5.74) is 7.89. The fourth-order valence-electron chi connectivity index (χ4n) is 5.15. The Morgan fingerprint density at radius 2 is 1.65 bits per heavy atom. The third-order valence-corrected chi connectivity index (χ3v) is 7.54. The van der Waals surface area contributed by atoms with Gasteiger partial charge < -0.3 is 16.0 Å². The van der Waals surface area contributed by atoms with E-state index in [-0.39, 0.29) is 29.8 Å². The summed E-state index contributed by atoms with van der Waals surface area (Å²) >= 11 is 6.55. The quantitative estimate of drug-likeness (QED) is 0.534. The van der Waals surface area contributed by atoms with Crippen molar-refractivity contribution in [3.63, 3.8) is 0 Å². The molecule has 0 saturated heterocycles. The van der Waals surface area contributed by atoms with Crippen LogP contribution in [0.15, 0.2) is 42.5 Å². The lowest BCUT2D eigenvalue weighted by atomic mass is 9.85. The van der Waals surface area contributed by atoms with Crippen molar-refractivity contribution in [3.05, 3.63) is 64.4 Å². The van der Waals surface area contributed by atoms with Gasteiger partial charge in [0.25, 0.3) is 5.91 Å². The van der Waals surface area contributed by atoms with Crippen LogP contribution in [0.5, 0.6) is 0 Å². The van der Waals surface area contributed by atoms with Crippen LogP contribution in [0.2, 0.25) is 5.02 Å². The predicted octanol–water partition coefficient (Wildman–Crippen LogP) is 5.91. The lowest BCUT2D eigenvalue weighted by Crippen LogP contribution is -2.46. The minimum Gasteiger partial charge on any atom is -0.335 e. The zero-order valence-corrected chi connectivity index (χ0v) is 20.2. The average Bonchev–Trinajstić information content (AvgIpc) is 2.85. The Bertz CT molecular complexity index is 999. The first-order chi connectivity index (χ1) is 16.4. The van der Waals surface area contributed by atoms with E-state index in [1.807, 2.05) is 11.0 Å². The second-order valence-electron chi connectivity index (χ2n) is 9.64. The van der Waals surface area contributed by atoms with E-state index in [0.717, 1.165) is 56.9 Å². The molecule has 2 aliphatic rings. The normalized spacial score (nSPS) is 21.1. The number of nitrogens with one attached hydrogen (secondary N) is 1.